The summed E-state index contributed by atoms with van der Waals surface area (Å²) in [4.78, 5) is 14.2. The van der Waals surface area contributed by atoms with Crippen molar-refractivity contribution >= 4 is 44.8 Å². The van der Waals surface area contributed by atoms with E-state index >= 15 is 0 Å². The van der Waals surface area contributed by atoms with Crippen molar-refractivity contribution in [2.24, 2.45) is 0 Å². The van der Waals surface area contributed by atoms with Crippen LogP contribution in [0.25, 0.3) is 0 Å². The SMILES string of the molecule is Cc1cc(C)c(C)c(S(=O)(=O)N2CC[NH+]([C@H](C)C(=O)Nc3cc(Cl)ccc3Cl)CC2)c1C. The van der Waals surface area contributed by atoms with E-state index in [1.165, 1.54) is 0 Å². The lowest BCUT2D eigenvalue weighted by atomic mass is 10.0. The van der Waals surface area contributed by atoms with E-state index in [-0.39, 0.29) is 11.9 Å². The highest BCUT2D eigenvalue weighted by molar-refractivity contribution is 7.89. The van der Waals surface area contributed by atoms with Crippen molar-refractivity contribution in [1.29, 1.82) is 0 Å². The van der Waals surface area contributed by atoms with Crippen LogP contribution in [0.15, 0.2) is 29.2 Å². The summed E-state index contributed by atoms with van der Waals surface area (Å²) < 4.78 is 28.5. The minimum absolute atomic E-state index is 0.179. The van der Waals surface area contributed by atoms with Gasteiger partial charge in [0, 0.05) is 5.02 Å². The fourth-order valence-electron chi connectivity index (χ4n) is 4.16. The van der Waals surface area contributed by atoms with Crippen molar-refractivity contribution in [3.63, 3.8) is 0 Å². The van der Waals surface area contributed by atoms with Gasteiger partial charge in [-0.25, -0.2) is 8.42 Å². The minimum Gasteiger partial charge on any atom is -0.323 e. The van der Waals surface area contributed by atoms with E-state index in [9.17, 15) is 13.2 Å². The van der Waals surface area contributed by atoms with Crippen LogP contribution in [0.5, 0.6) is 0 Å². The average molecular weight is 499 g/mol. The van der Waals surface area contributed by atoms with Crippen LogP contribution in [0, 0.1) is 27.7 Å². The van der Waals surface area contributed by atoms with Gasteiger partial charge < -0.3 is 10.2 Å². The van der Waals surface area contributed by atoms with E-state index in [0.717, 1.165) is 27.2 Å². The molecule has 9 heteroatoms. The van der Waals surface area contributed by atoms with E-state index in [0.29, 0.717) is 46.8 Å². The van der Waals surface area contributed by atoms with E-state index in [2.05, 4.69) is 5.32 Å². The Morgan fingerprint density at radius 2 is 1.59 bits per heavy atom. The number of halogens is 2. The number of piperazine rings is 1. The van der Waals surface area contributed by atoms with Gasteiger partial charge in [0.2, 0.25) is 10.0 Å². The van der Waals surface area contributed by atoms with Gasteiger partial charge >= 0.3 is 0 Å². The number of nitrogens with zero attached hydrogens (tertiary/aromatic N) is 1. The number of aryl methyl sites for hydroxylation is 2. The highest BCUT2D eigenvalue weighted by Gasteiger charge is 2.36. The van der Waals surface area contributed by atoms with Crippen LogP contribution >= 0.6 is 23.2 Å². The second-order valence-corrected chi connectivity index (χ2v) is 11.2. The van der Waals surface area contributed by atoms with Crippen molar-refractivity contribution in [1.82, 2.24) is 4.31 Å². The summed E-state index contributed by atoms with van der Waals surface area (Å²) in [5.41, 5.74) is 4.02. The molecule has 0 aliphatic carbocycles. The highest BCUT2D eigenvalue weighted by atomic mass is 35.5. The molecular weight excluding hydrogens is 469 g/mol. The maximum atomic E-state index is 13.5. The van der Waals surface area contributed by atoms with E-state index < -0.39 is 10.0 Å². The van der Waals surface area contributed by atoms with Gasteiger partial charge in [-0.1, -0.05) is 29.3 Å². The lowest BCUT2D eigenvalue weighted by Gasteiger charge is -2.34. The molecule has 3 rings (SSSR count). The van der Waals surface area contributed by atoms with Crippen molar-refractivity contribution in [2.75, 3.05) is 31.5 Å². The fraction of sp³-hybridized carbons (Fsp3) is 0.435. The Morgan fingerprint density at radius 3 is 2.16 bits per heavy atom. The highest BCUT2D eigenvalue weighted by Crippen LogP contribution is 2.29. The molecule has 32 heavy (non-hydrogen) atoms. The van der Waals surface area contributed by atoms with Crippen molar-refractivity contribution in [2.45, 2.75) is 45.6 Å². The molecule has 6 nitrogen and oxygen atoms in total. The summed E-state index contributed by atoms with van der Waals surface area (Å²) in [5, 5.41) is 3.74. The van der Waals surface area contributed by atoms with Crippen LogP contribution in [-0.4, -0.2) is 50.9 Å². The smallest absolute Gasteiger partial charge is 0.282 e. The molecule has 1 saturated heterocycles. The van der Waals surface area contributed by atoms with Gasteiger partial charge in [0.1, 0.15) is 0 Å². The van der Waals surface area contributed by atoms with Gasteiger partial charge in [-0.2, -0.15) is 4.31 Å². The number of anilines is 1. The second kappa shape index (κ2) is 9.69. The molecule has 174 valence electrons. The number of hydrogen-bond donors (Lipinski definition) is 2. The third-order valence-electron chi connectivity index (χ3n) is 6.45. The number of nitrogens with one attached hydrogen (secondary N) is 2. The third kappa shape index (κ3) is 4.97. The van der Waals surface area contributed by atoms with Gasteiger partial charge in [0.25, 0.3) is 5.91 Å². The summed E-state index contributed by atoms with van der Waals surface area (Å²) in [6.45, 7) is 11.3. The predicted molar refractivity (Wildman–Crippen MR) is 129 cm³/mol. The molecule has 1 atom stereocenters. The number of carbonyl (C=O) groups is 1. The molecule has 1 heterocycles. The molecule has 2 aromatic rings. The van der Waals surface area contributed by atoms with Crippen LogP contribution in [-0.2, 0) is 14.8 Å². The third-order valence-corrected chi connectivity index (χ3v) is 9.19. The van der Waals surface area contributed by atoms with Gasteiger partial charge in [0.15, 0.2) is 6.04 Å². The summed E-state index contributed by atoms with van der Waals surface area (Å²) in [6, 6.07) is 6.57. The molecule has 2 aromatic carbocycles. The molecular formula is C23H30Cl2N3O3S+. The lowest BCUT2D eigenvalue weighted by molar-refractivity contribution is -0.917. The maximum absolute atomic E-state index is 13.5. The standard InChI is InChI=1S/C23H29Cl2N3O3S/c1-14-12-15(2)17(4)22(16(14)3)32(30,31)28-10-8-27(9-11-28)18(5)23(29)26-21-13-19(24)6-7-20(21)25/h6-7,12-13,18H,8-11H2,1-5H3,(H,26,29)/p+1/t18-/m1/s1. The van der Waals surface area contributed by atoms with Gasteiger partial charge in [0.05, 0.1) is 41.8 Å². The number of carbonyl (C=O) groups excluding carboxylic acids is 1. The van der Waals surface area contributed by atoms with Crippen LogP contribution in [0.3, 0.4) is 0 Å². The average Bonchev–Trinajstić information content (AvgIpc) is 2.74. The maximum Gasteiger partial charge on any atom is 0.282 e. The molecule has 0 bridgehead atoms. The topological polar surface area (TPSA) is 70.9 Å². The van der Waals surface area contributed by atoms with Crippen LogP contribution in [0.2, 0.25) is 10.0 Å². The first-order valence-electron chi connectivity index (χ1n) is 10.6. The molecule has 2 N–H and O–H groups in total. The zero-order valence-corrected chi connectivity index (χ0v) is 21.4. The second-order valence-electron chi connectivity index (χ2n) is 8.49. The number of benzene rings is 2. The molecule has 0 unspecified atom stereocenters. The van der Waals surface area contributed by atoms with Crippen molar-refractivity contribution < 1.29 is 18.1 Å². The molecule has 0 saturated carbocycles. The summed E-state index contributed by atoms with van der Waals surface area (Å²) in [7, 11) is -3.61. The van der Waals surface area contributed by atoms with E-state index in [1.807, 2.05) is 40.7 Å². The van der Waals surface area contributed by atoms with E-state index in [4.69, 9.17) is 23.2 Å². The molecule has 1 aliphatic rings. The minimum atomic E-state index is -3.61. The number of rotatable bonds is 5. The van der Waals surface area contributed by atoms with Gasteiger partial charge in [-0.3, -0.25) is 4.79 Å². The number of quaternary nitrogens is 1. The lowest BCUT2D eigenvalue weighted by Crippen LogP contribution is -3.19. The molecule has 1 amide bonds. The van der Waals surface area contributed by atoms with Crippen LogP contribution in [0.1, 0.15) is 29.2 Å². The first-order chi connectivity index (χ1) is 14.9. The monoisotopic (exact) mass is 498 g/mol. The van der Waals surface area contributed by atoms with Gasteiger partial charge in [-0.15, -0.1) is 0 Å². The largest absolute Gasteiger partial charge is 0.323 e. The summed E-state index contributed by atoms with van der Waals surface area (Å²) >= 11 is 12.2. The molecule has 0 radical (unpaired) electrons. The Morgan fingerprint density at radius 1 is 1.03 bits per heavy atom. The zero-order chi connectivity index (χ0) is 23.8. The molecule has 0 aromatic heterocycles. The molecule has 0 spiro atoms. The Labute approximate surface area is 200 Å². The number of hydrogen-bond acceptors (Lipinski definition) is 3. The molecule has 1 aliphatic heterocycles. The quantitative estimate of drug-likeness (QED) is 0.664. The Balaban J connectivity index is 1.71. The normalized spacial score (nSPS) is 16.7. The zero-order valence-electron chi connectivity index (χ0n) is 19.1. The van der Waals surface area contributed by atoms with Crippen molar-refractivity contribution in [3.8, 4) is 0 Å². The Hall–Kier alpha value is -1.64. The van der Waals surface area contributed by atoms with E-state index in [1.54, 1.807) is 22.5 Å². The van der Waals surface area contributed by atoms with Gasteiger partial charge in [-0.05, 0) is 75.1 Å². The number of amides is 1. The Bertz CT molecular complexity index is 1120. The summed E-state index contributed by atoms with van der Waals surface area (Å²) in [5.74, 6) is -0.179. The Kier molecular flexibility index (Phi) is 7.57. The van der Waals surface area contributed by atoms with Crippen LogP contribution in [0.4, 0.5) is 5.69 Å². The van der Waals surface area contributed by atoms with Crippen LogP contribution < -0.4 is 10.2 Å². The predicted octanol–water partition coefficient (Wildman–Crippen LogP) is 3.14. The summed E-state index contributed by atoms with van der Waals surface area (Å²) in [6.07, 6.45) is 0. The first kappa shape index (κ1) is 25.0. The first-order valence-corrected chi connectivity index (χ1v) is 12.8. The fourth-order valence-corrected chi connectivity index (χ4v) is 6.52. The van der Waals surface area contributed by atoms with Crippen molar-refractivity contribution in [3.05, 3.63) is 56.6 Å². The number of sulfonamides is 1. The molecule has 1 fully saturated rings.